The summed E-state index contributed by atoms with van der Waals surface area (Å²) in [5.41, 5.74) is 0.0288. The lowest BCUT2D eigenvalue weighted by Gasteiger charge is -2.33. The van der Waals surface area contributed by atoms with Crippen LogP contribution >= 0.6 is 22.7 Å². The maximum absolute atomic E-state index is 13.0. The zero-order chi connectivity index (χ0) is 23.5. The molecular formula is C23H37N5O2S2. The van der Waals surface area contributed by atoms with Crippen molar-refractivity contribution in [2.24, 2.45) is 11.3 Å². The van der Waals surface area contributed by atoms with Crippen molar-refractivity contribution in [3.05, 3.63) is 10.9 Å². The summed E-state index contributed by atoms with van der Waals surface area (Å²) in [6.45, 7) is 13.3. The number of hydrogen-bond donors (Lipinski definition) is 1. The molecule has 1 N–H and O–H groups in total. The molecule has 0 aromatic carbocycles. The van der Waals surface area contributed by atoms with E-state index < -0.39 is 0 Å². The zero-order valence-corrected chi connectivity index (χ0v) is 21.9. The lowest BCUT2D eigenvalue weighted by Crippen LogP contribution is -2.45. The molecule has 0 radical (unpaired) electrons. The van der Waals surface area contributed by atoms with Gasteiger partial charge in [0.25, 0.3) is 5.91 Å². The average molecular weight is 480 g/mol. The summed E-state index contributed by atoms with van der Waals surface area (Å²) in [4.78, 5) is 38.4. The molecule has 0 spiro atoms. The predicted octanol–water partition coefficient (Wildman–Crippen LogP) is 3.76. The van der Waals surface area contributed by atoms with Crippen molar-refractivity contribution in [2.75, 3.05) is 58.3 Å². The van der Waals surface area contributed by atoms with Crippen molar-refractivity contribution in [1.29, 1.82) is 0 Å². The standard InChI is InChI=1S/C23H37N5O2S2/c1-7-27(8-2)22-25-20-17(32-22)13-18(31-20)21(30)28-11-9-16(10-12-28)19(29)24-14-23(3,4)15-26(5)6/h13,16H,7-12,14-15H2,1-6H3,(H,24,29). The lowest BCUT2D eigenvalue weighted by atomic mass is 9.91. The Morgan fingerprint density at radius 3 is 2.41 bits per heavy atom. The van der Waals surface area contributed by atoms with Crippen molar-refractivity contribution >= 4 is 49.1 Å². The van der Waals surface area contributed by atoms with Crippen LogP contribution in [-0.2, 0) is 4.79 Å². The molecule has 1 saturated heterocycles. The number of fused-ring (bicyclic) bond motifs is 1. The molecule has 0 aliphatic carbocycles. The van der Waals surface area contributed by atoms with E-state index in [1.807, 2.05) is 25.1 Å². The van der Waals surface area contributed by atoms with Crippen molar-refractivity contribution in [2.45, 2.75) is 40.5 Å². The fraction of sp³-hybridized carbons (Fsp3) is 0.696. The highest BCUT2D eigenvalue weighted by atomic mass is 32.1. The van der Waals surface area contributed by atoms with E-state index in [9.17, 15) is 9.59 Å². The third-order valence-electron chi connectivity index (χ3n) is 5.96. The van der Waals surface area contributed by atoms with E-state index in [-0.39, 0.29) is 23.1 Å². The third-order valence-corrected chi connectivity index (χ3v) is 8.17. The minimum absolute atomic E-state index is 0.0145. The average Bonchev–Trinajstić information content (AvgIpc) is 3.31. The van der Waals surface area contributed by atoms with E-state index in [0.29, 0.717) is 19.6 Å². The maximum Gasteiger partial charge on any atom is 0.264 e. The topological polar surface area (TPSA) is 68.8 Å². The van der Waals surface area contributed by atoms with E-state index in [1.54, 1.807) is 11.3 Å². The molecule has 1 fully saturated rings. The Kier molecular flexibility index (Phi) is 8.16. The Hall–Kier alpha value is -1.71. The van der Waals surface area contributed by atoms with Crippen LogP contribution in [0.15, 0.2) is 6.07 Å². The maximum atomic E-state index is 13.0. The molecule has 3 heterocycles. The molecule has 1 aliphatic rings. The molecule has 2 amide bonds. The largest absolute Gasteiger partial charge is 0.355 e. The number of carbonyl (C=O) groups excluding carboxylic acids is 2. The van der Waals surface area contributed by atoms with Crippen molar-refractivity contribution in [3.63, 3.8) is 0 Å². The van der Waals surface area contributed by atoms with Gasteiger partial charge in [0, 0.05) is 45.2 Å². The zero-order valence-electron chi connectivity index (χ0n) is 20.2. The molecule has 0 atom stereocenters. The molecule has 0 unspecified atom stereocenters. The summed E-state index contributed by atoms with van der Waals surface area (Å²) in [5, 5.41) is 4.16. The first-order chi connectivity index (χ1) is 15.1. The highest BCUT2D eigenvalue weighted by Crippen LogP contribution is 2.35. The van der Waals surface area contributed by atoms with Gasteiger partial charge in [-0.3, -0.25) is 9.59 Å². The van der Waals surface area contributed by atoms with Crippen molar-refractivity contribution < 1.29 is 9.59 Å². The normalized spacial score (nSPS) is 15.5. The van der Waals surface area contributed by atoms with Gasteiger partial charge in [-0.2, -0.15) is 0 Å². The number of likely N-dealkylation sites (tertiary alicyclic amines) is 1. The van der Waals surface area contributed by atoms with Gasteiger partial charge in [-0.1, -0.05) is 25.2 Å². The van der Waals surface area contributed by atoms with Crippen molar-refractivity contribution in [3.8, 4) is 0 Å². The second-order valence-corrected chi connectivity index (χ2v) is 11.7. The molecule has 32 heavy (non-hydrogen) atoms. The van der Waals surface area contributed by atoms with Crippen LogP contribution in [0.5, 0.6) is 0 Å². The smallest absolute Gasteiger partial charge is 0.264 e. The van der Waals surface area contributed by atoms with Crippen LogP contribution in [0.1, 0.15) is 50.2 Å². The number of anilines is 1. The number of carbonyl (C=O) groups is 2. The van der Waals surface area contributed by atoms with Crippen LogP contribution in [0.3, 0.4) is 0 Å². The van der Waals surface area contributed by atoms with Crippen LogP contribution < -0.4 is 10.2 Å². The van der Waals surface area contributed by atoms with Crippen LogP contribution in [0.25, 0.3) is 9.53 Å². The number of aromatic nitrogens is 1. The highest BCUT2D eigenvalue weighted by molar-refractivity contribution is 7.29. The van der Waals surface area contributed by atoms with Gasteiger partial charge in [0.1, 0.15) is 4.83 Å². The molecule has 0 bridgehead atoms. The van der Waals surface area contributed by atoms with Gasteiger partial charge in [0.2, 0.25) is 5.91 Å². The van der Waals surface area contributed by atoms with E-state index in [1.165, 1.54) is 11.3 Å². The Bertz CT molecular complexity index is 893. The molecule has 2 aromatic rings. The van der Waals surface area contributed by atoms with Gasteiger partial charge in [-0.15, -0.1) is 11.3 Å². The molecule has 0 saturated carbocycles. The van der Waals surface area contributed by atoms with E-state index in [4.69, 9.17) is 4.98 Å². The second kappa shape index (κ2) is 10.5. The summed E-state index contributed by atoms with van der Waals surface area (Å²) in [7, 11) is 4.10. The molecule has 178 valence electrons. The lowest BCUT2D eigenvalue weighted by molar-refractivity contribution is -0.126. The molecular weight excluding hydrogens is 442 g/mol. The highest BCUT2D eigenvalue weighted by Gasteiger charge is 2.30. The first-order valence-electron chi connectivity index (χ1n) is 11.5. The molecule has 9 heteroatoms. The number of nitrogens with one attached hydrogen (secondary N) is 1. The number of hydrogen-bond acceptors (Lipinski definition) is 7. The van der Waals surface area contributed by atoms with Crippen LogP contribution in [0.2, 0.25) is 0 Å². The number of piperidine rings is 1. The summed E-state index contributed by atoms with van der Waals surface area (Å²) >= 11 is 3.13. The summed E-state index contributed by atoms with van der Waals surface area (Å²) in [6.07, 6.45) is 1.44. The number of thiophene rings is 1. The molecule has 2 aromatic heterocycles. The summed E-state index contributed by atoms with van der Waals surface area (Å²) in [5.74, 6) is 0.170. The summed E-state index contributed by atoms with van der Waals surface area (Å²) in [6, 6.07) is 1.98. The molecule has 3 rings (SSSR count). The number of nitrogens with zero attached hydrogens (tertiary/aromatic N) is 4. The first kappa shape index (κ1) is 24.9. The quantitative estimate of drug-likeness (QED) is 0.593. The van der Waals surface area contributed by atoms with E-state index in [2.05, 4.69) is 42.8 Å². The monoisotopic (exact) mass is 479 g/mol. The predicted molar refractivity (Wildman–Crippen MR) is 135 cm³/mol. The van der Waals surface area contributed by atoms with Gasteiger partial charge in [0.05, 0.1) is 9.58 Å². The van der Waals surface area contributed by atoms with Crippen LogP contribution in [0, 0.1) is 11.3 Å². The Morgan fingerprint density at radius 2 is 1.84 bits per heavy atom. The molecule has 7 nitrogen and oxygen atoms in total. The SMILES string of the molecule is CCN(CC)c1nc2sc(C(=O)N3CCC(C(=O)NCC(C)(C)CN(C)C)CC3)cc2s1. The minimum atomic E-state index is -0.0145. The van der Waals surface area contributed by atoms with Gasteiger partial charge in [0.15, 0.2) is 5.13 Å². The third kappa shape index (κ3) is 5.99. The van der Waals surface area contributed by atoms with E-state index in [0.717, 1.165) is 52.0 Å². The van der Waals surface area contributed by atoms with Crippen LogP contribution in [0.4, 0.5) is 5.13 Å². The number of thiazole rings is 1. The number of rotatable bonds is 9. The Balaban J connectivity index is 1.53. The van der Waals surface area contributed by atoms with Gasteiger partial charge in [-0.25, -0.2) is 4.98 Å². The number of amides is 2. The summed E-state index contributed by atoms with van der Waals surface area (Å²) < 4.78 is 1.08. The fourth-order valence-electron chi connectivity index (χ4n) is 4.34. The van der Waals surface area contributed by atoms with Crippen molar-refractivity contribution in [1.82, 2.24) is 20.1 Å². The van der Waals surface area contributed by atoms with Gasteiger partial charge >= 0.3 is 0 Å². The van der Waals surface area contributed by atoms with Gasteiger partial charge < -0.3 is 20.0 Å². The Labute approximate surface area is 199 Å². The molecule has 1 aliphatic heterocycles. The minimum Gasteiger partial charge on any atom is -0.355 e. The van der Waals surface area contributed by atoms with Gasteiger partial charge in [-0.05, 0) is 52.3 Å². The fourth-order valence-corrected chi connectivity index (χ4v) is 6.65. The van der Waals surface area contributed by atoms with Crippen LogP contribution in [-0.4, -0.2) is 80.0 Å². The second-order valence-electron chi connectivity index (χ2n) is 9.64. The van der Waals surface area contributed by atoms with E-state index >= 15 is 0 Å². The Morgan fingerprint density at radius 1 is 1.19 bits per heavy atom. The first-order valence-corrected chi connectivity index (χ1v) is 13.1.